The van der Waals surface area contributed by atoms with Crippen LogP contribution < -0.4 is 26.4 Å². The maximum Gasteiger partial charge on any atom is 0.340 e. The summed E-state index contributed by atoms with van der Waals surface area (Å²) in [6.45, 7) is 7.47. The maximum atomic E-state index is 13.1. The Morgan fingerprint density at radius 2 is 1.79 bits per heavy atom. The highest BCUT2D eigenvalue weighted by Crippen LogP contribution is 2.30. The number of esters is 1. The number of benzene rings is 2. The smallest absolute Gasteiger partial charge is 0.340 e. The molecule has 1 amide bonds. The fraction of sp³-hybridized carbons (Fsp3) is 0.300. The van der Waals surface area contributed by atoms with Crippen molar-refractivity contribution in [3.8, 4) is 11.6 Å². The number of carbonyl (C=O) groups is 2. The molecule has 0 atom stereocenters. The molecule has 0 saturated carbocycles. The number of anilines is 3. The molecular formula is C30H34N8O4. The highest BCUT2D eigenvalue weighted by Gasteiger charge is 2.20. The Balaban J connectivity index is 1.29. The van der Waals surface area contributed by atoms with Gasteiger partial charge in [-0.2, -0.15) is 4.98 Å². The molecule has 3 heterocycles. The Hall–Kier alpha value is -4.97. The molecule has 1 aliphatic heterocycles. The average Bonchev–Trinajstić information content (AvgIpc) is 2.97. The summed E-state index contributed by atoms with van der Waals surface area (Å²) in [6, 6.07) is 14.1. The molecule has 2 aromatic heterocycles. The van der Waals surface area contributed by atoms with E-state index in [4.69, 9.17) is 20.9 Å². The van der Waals surface area contributed by atoms with E-state index in [1.807, 2.05) is 12.1 Å². The minimum atomic E-state index is -0.541. The van der Waals surface area contributed by atoms with Crippen LogP contribution in [0.1, 0.15) is 38.9 Å². The molecule has 0 unspecified atom stereocenters. The van der Waals surface area contributed by atoms with Crippen molar-refractivity contribution in [1.82, 2.24) is 25.2 Å². The summed E-state index contributed by atoms with van der Waals surface area (Å²) in [4.78, 5) is 43.1. The molecule has 1 aliphatic rings. The first kappa shape index (κ1) is 28.6. The van der Waals surface area contributed by atoms with Crippen molar-refractivity contribution in [2.24, 2.45) is 0 Å². The van der Waals surface area contributed by atoms with Crippen LogP contribution >= 0.6 is 0 Å². The zero-order valence-corrected chi connectivity index (χ0v) is 23.9. The molecule has 2 aromatic carbocycles. The topological polar surface area (TPSA) is 162 Å². The van der Waals surface area contributed by atoms with Crippen LogP contribution in [0.25, 0.3) is 10.9 Å². The molecular weight excluding hydrogens is 536 g/mol. The number of piperazine rings is 1. The molecule has 0 aliphatic carbocycles. The Kier molecular flexibility index (Phi) is 8.34. The normalized spacial score (nSPS) is 13.6. The van der Waals surface area contributed by atoms with Crippen molar-refractivity contribution in [2.75, 3.05) is 56.2 Å². The SMILES string of the molecule is CCOC(=O)c1cc(C)nc(Oc2cccc(CNC(=O)c3ccc4c(N5CCN(C)CC5)nc(N)nc4c3)c2)c1N. The molecule has 0 spiro atoms. The molecule has 12 nitrogen and oxygen atoms in total. The third-order valence-electron chi connectivity index (χ3n) is 6.97. The minimum Gasteiger partial charge on any atom is -0.462 e. The van der Waals surface area contributed by atoms with Gasteiger partial charge in [0.2, 0.25) is 11.8 Å². The molecule has 12 heteroatoms. The van der Waals surface area contributed by atoms with E-state index in [2.05, 4.69) is 37.1 Å². The summed E-state index contributed by atoms with van der Waals surface area (Å²) in [5, 5.41) is 3.79. The fourth-order valence-corrected chi connectivity index (χ4v) is 4.76. The number of nitrogen functional groups attached to an aromatic ring is 2. The summed E-state index contributed by atoms with van der Waals surface area (Å²) < 4.78 is 11.0. The summed E-state index contributed by atoms with van der Waals surface area (Å²) in [6.07, 6.45) is 0. The van der Waals surface area contributed by atoms with Crippen LogP contribution in [0.15, 0.2) is 48.5 Å². The number of rotatable bonds is 8. The first-order valence-electron chi connectivity index (χ1n) is 13.7. The van der Waals surface area contributed by atoms with Gasteiger partial charge in [0.15, 0.2) is 0 Å². The molecule has 0 bridgehead atoms. The van der Waals surface area contributed by atoms with Gasteiger partial charge in [-0.3, -0.25) is 4.79 Å². The number of aryl methyl sites for hydroxylation is 1. The first-order chi connectivity index (χ1) is 20.2. The molecule has 1 saturated heterocycles. The van der Waals surface area contributed by atoms with Gasteiger partial charge in [0.25, 0.3) is 5.91 Å². The molecule has 42 heavy (non-hydrogen) atoms. The fourth-order valence-electron chi connectivity index (χ4n) is 4.76. The third kappa shape index (κ3) is 6.33. The van der Waals surface area contributed by atoms with Crippen molar-refractivity contribution < 1.29 is 19.1 Å². The molecule has 5 rings (SSSR count). The second kappa shape index (κ2) is 12.3. The monoisotopic (exact) mass is 570 g/mol. The van der Waals surface area contributed by atoms with E-state index in [1.54, 1.807) is 50.2 Å². The number of hydrogen-bond donors (Lipinski definition) is 3. The quantitative estimate of drug-likeness (QED) is 0.267. The number of nitrogens with zero attached hydrogens (tertiary/aromatic N) is 5. The number of hydrogen-bond acceptors (Lipinski definition) is 11. The van der Waals surface area contributed by atoms with Crippen molar-refractivity contribution in [3.63, 3.8) is 0 Å². The maximum absolute atomic E-state index is 13.1. The van der Waals surface area contributed by atoms with Gasteiger partial charge in [0.05, 0.1) is 17.7 Å². The van der Waals surface area contributed by atoms with Gasteiger partial charge in [-0.1, -0.05) is 12.1 Å². The van der Waals surface area contributed by atoms with Crippen LogP contribution in [0.5, 0.6) is 11.6 Å². The predicted octanol–water partition coefficient (Wildman–Crippen LogP) is 3.15. The number of pyridine rings is 1. The number of carbonyl (C=O) groups excluding carboxylic acids is 2. The number of nitrogens with one attached hydrogen (secondary N) is 1. The zero-order valence-electron chi connectivity index (χ0n) is 23.9. The Morgan fingerprint density at radius 1 is 1.00 bits per heavy atom. The van der Waals surface area contributed by atoms with E-state index in [0.717, 1.165) is 42.9 Å². The van der Waals surface area contributed by atoms with Crippen LogP contribution in [0.2, 0.25) is 0 Å². The van der Waals surface area contributed by atoms with E-state index < -0.39 is 5.97 Å². The summed E-state index contributed by atoms with van der Waals surface area (Å²) in [5.74, 6) is 0.713. The van der Waals surface area contributed by atoms with Crippen molar-refractivity contribution in [1.29, 1.82) is 0 Å². The van der Waals surface area contributed by atoms with Gasteiger partial charge in [0.1, 0.15) is 17.3 Å². The number of nitrogens with two attached hydrogens (primary N) is 2. The van der Waals surface area contributed by atoms with Gasteiger partial charge >= 0.3 is 5.97 Å². The van der Waals surface area contributed by atoms with Crippen LogP contribution in [0, 0.1) is 6.92 Å². The minimum absolute atomic E-state index is 0.0919. The van der Waals surface area contributed by atoms with E-state index in [9.17, 15) is 9.59 Å². The lowest BCUT2D eigenvalue weighted by Crippen LogP contribution is -2.45. The predicted molar refractivity (Wildman–Crippen MR) is 161 cm³/mol. The molecule has 4 aromatic rings. The summed E-state index contributed by atoms with van der Waals surface area (Å²) >= 11 is 0. The van der Waals surface area contributed by atoms with E-state index in [-0.39, 0.29) is 42.1 Å². The average molecular weight is 571 g/mol. The zero-order chi connectivity index (χ0) is 29.8. The third-order valence-corrected chi connectivity index (χ3v) is 6.97. The molecule has 0 radical (unpaired) electrons. The lowest BCUT2D eigenvalue weighted by Gasteiger charge is -2.33. The Bertz CT molecular complexity index is 1640. The lowest BCUT2D eigenvalue weighted by atomic mass is 10.1. The van der Waals surface area contributed by atoms with Crippen LogP contribution in [0.3, 0.4) is 0 Å². The van der Waals surface area contributed by atoms with Crippen molar-refractivity contribution in [2.45, 2.75) is 20.4 Å². The van der Waals surface area contributed by atoms with E-state index in [1.165, 1.54) is 0 Å². The Morgan fingerprint density at radius 3 is 2.55 bits per heavy atom. The van der Waals surface area contributed by atoms with Crippen LogP contribution in [-0.4, -0.2) is 71.6 Å². The number of amides is 1. The second-order valence-corrected chi connectivity index (χ2v) is 10.1. The van der Waals surface area contributed by atoms with E-state index in [0.29, 0.717) is 22.5 Å². The number of ether oxygens (including phenoxy) is 2. The highest BCUT2D eigenvalue weighted by molar-refractivity contribution is 6.00. The molecule has 1 fully saturated rings. The number of likely N-dealkylation sites (N-methyl/N-ethyl adjacent to an activating group) is 1. The Labute approximate surface area is 243 Å². The molecule has 5 N–H and O–H groups in total. The van der Waals surface area contributed by atoms with E-state index >= 15 is 0 Å². The van der Waals surface area contributed by atoms with Gasteiger partial charge in [0, 0.05) is 49.4 Å². The number of aromatic nitrogens is 3. The van der Waals surface area contributed by atoms with Crippen LogP contribution in [-0.2, 0) is 11.3 Å². The van der Waals surface area contributed by atoms with Crippen molar-refractivity contribution in [3.05, 3.63) is 70.9 Å². The first-order valence-corrected chi connectivity index (χ1v) is 13.7. The summed E-state index contributed by atoms with van der Waals surface area (Å²) in [7, 11) is 2.10. The highest BCUT2D eigenvalue weighted by atomic mass is 16.5. The lowest BCUT2D eigenvalue weighted by molar-refractivity contribution is 0.0527. The van der Waals surface area contributed by atoms with Gasteiger partial charge in [-0.05, 0) is 62.9 Å². The van der Waals surface area contributed by atoms with Crippen molar-refractivity contribution >= 4 is 40.2 Å². The van der Waals surface area contributed by atoms with Gasteiger partial charge in [-0.25, -0.2) is 14.8 Å². The van der Waals surface area contributed by atoms with Gasteiger partial charge in [-0.15, -0.1) is 0 Å². The largest absolute Gasteiger partial charge is 0.462 e. The second-order valence-electron chi connectivity index (χ2n) is 10.1. The van der Waals surface area contributed by atoms with Gasteiger partial charge < -0.3 is 36.1 Å². The number of fused-ring (bicyclic) bond motifs is 1. The summed E-state index contributed by atoms with van der Waals surface area (Å²) in [5.41, 5.74) is 14.9. The standard InChI is InChI=1S/C30H34N8O4/c1-4-41-29(40)23-14-18(2)34-28(25(23)31)42-21-7-5-6-19(15-21)17-33-27(39)20-8-9-22-24(16-20)35-30(32)36-26(22)38-12-10-37(3)11-13-38/h5-9,14-16H,4,10-13,17,31H2,1-3H3,(H,33,39)(H2,32,35,36). The molecule has 218 valence electrons. The van der Waals surface area contributed by atoms with Crippen LogP contribution in [0.4, 0.5) is 17.5 Å².